The van der Waals surface area contributed by atoms with E-state index >= 15 is 0 Å². The van der Waals surface area contributed by atoms with Crippen LogP contribution >= 0.6 is 0 Å². The summed E-state index contributed by atoms with van der Waals surface area (Å²) in [5, 5.41) is 0. The molecule has 0 rings (SSSR count). The molecule has 0 amide bonds. The number of hydrogen-bond acceptors (Lipinski definition) is 1. The van der Waals surface area contributed by atoms with Crippen LogP contribution in [0, 0.1) is 5.92 Å². The van der Waals surface area contributed by atoms with Gasteiger partial charge in [-0.1, -0.05) is 19.9 Å². The van der Waals surface area contributed by atoms with Gasteiger partial charge in [0.15, 0.2) is 0 Å². The lowest BCUT2D eigenvalue weighted by molar-refractivity contribution is -0.0349. The second-order valence-electron chi connectivity index (χ2n) is 5.03. The standard InChI is InChI=1S/C12H24O/c1-9(2)8-10(3)11(4)13-12(5,6)7/h8-9,11H,1-7H3/b10-8+. The van der Waals surface area contributed by atoms with E-state index in [4.69, 9.17) is 4.74 Å². The van der Waals surface area contributed by atoms with Gasteiger partial charge in [-0.2, -0.15) is 0 Å². The van der Waals surface area contributed by atoms with E-state index in [1.807, 2.05) is 0 Å². The molecule has 0 saturated carbocycles. The third-order valence-corrected chi connectivity index (χ3v) is 1.77. The van der Waals surface area contributed by atoms with E-state index < -0.39 is 0 Å². The summed E-state index contributed by atoms with van der Waals surface area (Å²) in [7, 11) is 0. The molecule has 0 aliphatic heterocycles. The van der Waals surface area contributed by atoms with Gasteiger partial charge in [0.05, 0.1) is 11.7 Å². The molecule has 0 N–H and O–H groups in total. The van der Waals surface area contributed by atoms with Gasteiger partial charge in [-0.15, -0.1) is 0 Å². The average Bonchev–Trinajstić information content (AvgIpc) is 1.81. The van der Waals surface area contributed by atoms with Gasteiger partial charge >= 0.3 is 0 Å². The topological polar surface area (TPSA) is 9.23 Å². The first-order valence-electron chi connectivity index (χ1n) is 5.08. The Kier molecular flexibility index (Phi) is 4.69. The summed E-state index contributed by atoms with van der Waals surface area (Å²) in [4.78, 5) is 0. The molecule has 13 heavy (non-hydrogen) atoms. The van der Waals surface area contributed by atoms with Crippen LogP contribution in [0.5, 0.6) is 0 Å². The Balaban J connectivity index is 4.19. The van der Waals surface area contributed by atoms with E-state index in [2.05, 4.69) is 54.5 Å². The van der Waals surface area contributed by atoms with Crippen molar-refractivity contribution < 1.29 is 4.74 Å². The number of allylic oxidation sites excluding steroid dienone is 1. The van der Waals surface area contributed by atoms with Crippen LogP contribution in [0.15, 0.2) is 11.6 Å². The van der Waals surface area contributed by atoms with E-state index in [0.29, 0.717) is 5.92 Å². The molecule has 0 aliphatic carbocycles. The summed E-state index contributed by atoms with van der Waals surface area (Å²) >= 11 is 0. The van der Waals surface area contributed by atoms with Gasteiger partial charge in [-0.25, -0.2) is 0 Å². The first kappa shape index (κ1) is 12.7. The minimum absolute atomic E-state index is 0.0501. The van der Waals surface area contributed by atoms with Crippen molar-refractivity contribution in [1.82, 2.24) is 0 Å². The summed E-state index contributed by atoms with van der Waals surface area (Å²) < 4.78 is 5.83. The Bertz CT molecular complexity index is 172. The molecule has 1 nitrogen and oxygen atoms in total. The average molecular weight is 184 g/mol. The lowest BCUT2D eigenvalue weighted by Crippen LogP contribution is -2.26. The molecule has 0 aromatic heterocycles. The molecule has 78 valence electrons. The fraction of sp³-hybridized carbons (Fsp3) is 0.833. The molecule has 0 radical (unpaired) electrons. The quantitative estimate of drug-likeness (QED) is 0.606. The minimum atomic E-state index is -0.0501. The predicted octanol–water partition coefficient (Wildman–Crippen LogP) is 3.79. The highest BCUT2D eigenvalue weighted by molar-refractivity contribution is 5.05. The van der Waals surface area contributed by atoms with Crippen LogP contribution in [0.3, 0.4) is 0 Å². The van der Waals surface area contributed by atoms with Crippen molar-refractivity contribution in [1.29, 1.82) is 0 Å². The summed E-state index contributed by atoms with van der Waals surface area (Å²) in [6.45, 7) is 14.9. The van der Waals surface area contributed by atoms with Crippen LogP contribution in [0.4, 0.5) is 0 Å². The molecule has 1 heteroatoms. The van der Waals surface area contributed by atoms with Gasteiger partial charge in [0.1, 0.15) is 0 Å². The SMILES string of the molecule is C/C(=C\C(C)C)C(C)OC(C)(C)C. The zero-order chi connectivity index (χ0) is 10.6. The number of rotatable bonds is 3. The van der Waals surface area contributed by atoms with Gasteiger partial charge in [0.2, 0.25) is 0 Å². The Labute approximate surface area is 83.2 Å². The third-order valence-electron chi connectivity index (χ3n) is 1.77. The maximum absolute atomic E-state index is 5.83. The number of hydrogen-bond donors (Lipinski definition) is 0. The van der Waals surface area contributed by atoms with Gasteiger partial charge in [0.25, 0.3) is 0 Å². The highest BCUT2D eigenvalue weighted by atomic mass is 16.5. The van der Waals surface area contributed by atoms with E-state index in [-0.39, 0.29) is 11.7 Å². The van der Waals surface area contributed by atoms with Crippen LogP contribution in [-0.2, 0) is 4.74 Å². The minimum Gasteiger partial charge on any atom is -0.369 e. The lowest BCUT2D eigenvalue weighted by atomic mass is 10.1. The summed E-state index contributed by atoms with van der Waals surface area (Å²) in [6.07, 6.45) is 2.48. The third kappa shape index (κ3) is 6.83. The molecule has 1 unspecified atom stereocenters. The van der Waals surface area contributed by atoms with Gasteiger partial charge in [0, 0.05) is 0 Å². The maximum atomic E-state index is 5.83. The van der Waals surface area contributed by atoms with E-state index in [1.54, 1.807) is 0 Å². The van der Waals surface area contributed by atoms with E-state index in [0.717, 1.165) is 0 Å². The Hall–Kier alpha value is -0.300. The smallest absolute Gasteiger partial charge is 0.0761 e. The zero-order valence-corrected chi connectivity index (χ0v) is 10.1. The van der Waals surface area contributed by atoms with Crippen molar-refractivity contribution in [3.8, 4) is 0 Å². The highest BCUT2D eigenvalue weighted by Gasteiger charge is 2.15. The van der Waals surface area contributed by atoms with Crippen LogP contribution in [0.2, 0.25) is 0 Å². The molecular weight excluding hydrogens is 160 g/mol. The summed E-state index contributed by atoms with van der Waals surface area (Å²) in [6, 6.07) is 0. The predicted molar refractivity (Wildman–Crippen MR) is 58.9 cm³/mol. The van der Waals surface area contributed by atoms with Crippen molar-refractivity contribution >= 4 is 0 Å². The van der Waals surface area contributed by atoms with Gasteiger partial charge < -0.3 is 4.74 Å². The lowest BCUT2D eigenvalue weighted by Gasteiger charge is -2.26. The van der Waals surface area contributed by atoms with Crippen LogP contribution in [-0.4, -0.2) is 11.7 Å². The molecule has 0 bridgehead atoms. The van der Waals surface area contributed by atoms with E-state index in [9.17, 15) is 0 Å². The fourth-order valence-corrected chi connectivity index (χ4v) is 1.28. The van der Waals surface area contributed by atoms with Crippen molar-refractivity contribution in [3.63, 3.8) is 0 Å². The molecule has 1 atom stereocenters. The Morgan fingerprint density at radius 1 is 1.15 bits per heavy atom. The van der Waals surface area contributed by atoms with Crippen molar-refractivity contribution in [3.05, 3.63) is 11.6 Å². The first-order chi connectivity index (χ1) is 5.72. The Morgan fingerprint density at radius 2 is 1.62 bits per heavy atom. The molecule has 0 saturated heterocycles. The highest BCUT2D eigenvalue weighted by Crippen LogP contribution is 2.16. The second-order valence-corrected chi connectivity index (χ2v) is 5.03. The van der Waals surface area contributed by atoms with Crippen molar-refractivity contribution in [2.75, 3.05) is 0 Å². The normalized spacial score (nSPS) is 16.5. The monoisotopic (exact) mass is 184 g/mol. The second kappa shape index (κ2) is 4.80. The van der Waals surface area contributed by atoms with Crippen molar-refractivity contribution in [2.24, 2.45) is 5.92 Å². The molecule has 0 heterocycles. The molecular formula is C12H24O. The Morgan fingerprint density at radius 3 is 1.92 bits per heavy atom. The van der Waals surface area contributed by atoms with Gasteiger partial charge in [-0.05, 0) is 46.1 Å². The molecule has 0 aromatic rings. The van der Waals surface area contributed by atoms with Crippen LogP contribution in [0.1, 0.15) is 48.5 Å². The number of ether oxygens (including phenoxy) is 1. The fourth-order valence-electron chi connectivity index (χ4n) is 1.28. The summed E-state index contributed by atoms with van der Waals surface area (Å²) in [5.41, 5.74) is 1.27. The molecule has 0 spiro atoms. The van der Waals surface area contributed by atoms with Crippen LogP contribution in [0.25, 0.3) is 0 Å². The molecule has 0 aromatic carbocycles. The zero-order valence-electron chi connectivity index (χ0n) is 10.1. The summed E-state index contributed by atoms with van der Waals surface area (Å²) in [5.74, 6) is 0.603. The largest absolute Gasteiger partial charge is 0.369 e. The molecule has 0 fully saturated rings. The first-order valence-corrected chi connectivity index (χ1v) is 5.08. The van der Waals surface area contributed by atoms with Gasteiger partial charge in [-0.3, -0.25) is 0 Å². The molecule has 0 aliphatic rings. The van der Waals surface area contributed by atoms with E-state index in [1.165, 1.54) is 5.57 Å². The maximum Gasteiger partial charge on any atom is 0.0761 e. The van der Waals surface area contributed by atoms with Crippen LogP contribution < -0.4 is 0 Å². The van der Waals surface area contributed by atoms with Crippen molar-refractivity contribution in [2.45, 2.75) is 60.2 Å².